The number of carbonyl (C=O) groups is 1. The lowest BCUT2D eigenvalue weighted by atomic mass is 10.2. The highest BCUT2D eigenvalue weighted by molar-refractivity contribution is 7.13. The standard InChI is InChI=1S/C20H19N5O3S/c1-13-18(14(2)25(22-13)15-7-4-3-5-8-15)21-17(26)10-11-24-20(27)28-19(23-24)16-9-6-12-29-16/h3-9,12H,10-11H2,1-2H3,(H,21,26). The van der Waals surface area contributed by atoms with Crippen LogP contribution in [0.1, 0.15) is 17.8 Å². The Bertz CT molecular complexity index is 1190. The predicted octanol–water partition coefficient (Wildman–Crippen LogP) is 3.40. The third-order valence-corrected chi connectivity index (χ3v) is 5.30. The van der Waals surface area contributed by atoms with Gasteiger partial charge in [0.2, 0.25) is 5.91 Å². The van der Waals surface area contributed by atoms with Gasteiger partial charge in [0.15, 0.2) is 0 Å². The van der Waals surface area contributed by atoms with Crippen LogP contribution in [0.2, 0.25) is 0 Å². The van der Waals surface area contributed by atoms with E-state index in [0.717, 1.165) is 22.0 Å². The van der Waals surface area contributed by atoms with Gasteiger partial charge in [-0.15, -0.1) is 16.4 Å². The van der Waals surface area contributed by atoms with Gasteiger partial charge in [0.05, 0.1) is 34.2 Å². The van der Waals surface area contributed by atoms with Crippen LogP contribution in [0.25, 0.3) is 16.5 Å². The van der Waals surface area contributed by atoms with Crippen molar-refractivity contribution in [2.24, 2.45) is 0 Å². The molecule has 0 saturated carbocycles. The number of benzene rings is 1. The van der Waals surface area contributed by atoms with Gasteiger partial charge < -0.3 is 9.73 Å². The van der Waals surface area contributed by atoms with Crippen LogP contribution >= 0.6 is 11.3 Å². The molecule has 0 aliphatic rings. The van der Waals surface area contributed by atoms with E-state index in [-0.39, 0.29) is 24.8 Å². The van der Waals surface area contributed by atoms with Gasteiger partial charge in [-0.2, -0.15) is 9.78 Å². The van der Waals surface area contributed by atoms with E-state index < -0.39 is 5.76 Å². The van der Waals surface area contributed by atoms with Crippen molar-refractivity contribution in [3.8, 4) is 16.5 Å². The van der Waals surface area contributed by atoms with E-state index in [4.69, 9.17) is 4.42 Å². The van der Waals surface area contributed by atoms with E-state index in [1.54, 1.807) is 4.68 Å². The number of rotatable bonds is 6. The molecule has 1 N–H and O–H groups in total. The van der Waals surface area contributed by atoms with E-state index in [0.29, 0.717) is 5.69 Å². The number of hydrogen-bond acceptors (Lipinski definition) is 6. The molecule has 8 nitrogen and oxygen atoms in total. The number of nitrogens with zero attached hydrogens (tertiary/aromatic N) is 4. The Kier molecular flexibility index (Phi) is 5.13. The first-order valence-corrected chi connectivity index (χ1v) is 9.94. The third-order valence-electron chi connectivity index (χ3n) is 4.45. The Morgan fingerprint density at radius 2 is 1.93 bits per heavy atom. The number of aromatic nitrogens is 4. The minimum atomic E-state index is -0.578. The van der Waals surface area contributed by atoms with Crippen LogP contribution in [0.15, 0.2) is 57.1 Å². The van der Waals surface area contributed by atoms with E-state index in [9.17, 15) is 9.59 Å². The fourth-order valence-electron chi connectivity index (χ4n) is 3.00. The summed E-state index contributed by atoms with van der Waals surface area (Å²) in [7, 11) is 0. The van der Waals surface area contributed by atoms with Crippen molar-refractivity contribution in [3.63, 3.8) is 0 Å². The number of thiophene rings is 1. The number of amides is 1. The second-order valence-electron chi connectivity index (χ2n) is 6.46. The maximum Gasteiger partial charge on any atom is 0.437 e. The molecular formula is C20H19N5O3S. The first-order chi connectivity index (χ1) is 14.0. The van der Waals surface area contributed by atoms with Crippen molar-refractivity contribution >= 4 is 22.9 Å². The highest BCUT2D eigenvalue weighted by Gasteiger charge is 2.16. The molecule has 0 aliphatic heterocycles. The average Bonchev–Trinajstić information content (AvgIpc) is 3.43. The van der Waals surface area contributed by atoms with Crippen molar-refractivity contribution in [1.82, 2.24) is 19.6 Å². The molecule has 3 heterocycles. The number of anilines is 1. The number of nitrogens with one attached hydrogen (secondary N) is 1. The molecule has 9 heteroatoms. The van der Waals surface area contributed by atoms with E-state index in [1.165, 1.54) is 16.0 Å². The van der Waals surface area contributed by atoms with Gasteiger partial charge in [-0.1, -0.05) is 24.3 Å². The number of carbonyl (C=O) groups excluding carboxylic acids is 1. The van der Waals surface area contributed by atoms with Gasteiger partial charge in [-0.25, -0.2) is 9.48 Å². The first kappa shape index (κ1) is 18.9. The highest BCUT2D eigenvalue weighted by Crippen LogP contribution is 2.23. The first-order valence-electron chi connectivity index (χ1n) is 9.06. The predicted molar refractivity (Wildman–Crippen MR) is 110 cm³/mol. The molecule has 0 spiro atoms. The molecule has 0 saturated heterocycles. The van der Waals surface area contributed by atoms with Gasteiger partial charge >= 0.3 is 5.76 Å². The minimum absolute atomic E-state index is 0.0890. The van der Waals surface area contributed by atoms with Gasteiger partial charge in [-0.05, 0) is 37.4 Å². The largest absolute Gasteiger partial charge is 0.437 e. The SMILES string of the molecule is Cc1nn(-c2ccccc2)c(C)c1NC(=O)CCn1nc(-c2cccs2)oc1=O. The lowest BCUT2D eigenvalue weighted by molar-refractivity contribution is -0.116. The summed E-state index contributed by atoms with van der Waals surface area (Å²) < 4.78 is 8.12. The zero-order chi connectivity index (χ0) is 20.4. The third kappa shape index (κ3) is 3.90. The van der Waals surface area contributed by atoms with Gasteiger partial charge in [-0.3, -0.25) is 4.79 Å². The van der Waals surface area contributed by atoms with Crippen LogP contribution in [0.4, 0.5) is 5.69 Å². The Balaban J connectivity index is 1.45. The molecule has 29 heavy (non-hydrogen) atoms. The second-order valence-corrected chi connectivity index (χ2v) is 7.41. The van der Waals surface area contributed by atoms with Crippen molar-refractivity contribution in [3.05, 3.63) is 69.8 Å². The number of hydrogen-bond donors (Lipinski definition) is 1. The second kappa shape index (κ2) is 7.88. The zero-order valence-electron chi connectivity index (χ0n) is 16.0. The molecule has 0 unspecified atom stereocenters. The van der Waals surface area contributed by atoms with Gasteiger partial charge in [0.25, 0.3) is 5.89 Å². The maximum absolute atomic E-state index is 12.5. The molecule has 1 aromatic carbocycles. The van der Waals surface area contributed by atoms with Crippen LogP contribution in [0.5, 0.6) is 0 Å². The van der Waals surface area contributed by atoms with Crippen LogP contribution in [0.3, 0.4) is 0 Å². The van der Waals surface area contributed by atoms with E-state index in [2.05, 4.69) is 15.5 Å². The van der Waals surface area contributed by atoms with Crippen LogP contribution in [0, 0.1) is 13.8 Å². The Labute approximate surface area is 170 Å². The van der Waals surface area contributed by atoms with Crippen LogP contribution < -0.4 is 11.1 Å². The molecule has 3 aromatic heterocycles. The van der Waals surface area contributed by atoms with Gasteiger partial charge in [0.1, 0.15) is 0 Å². The zero-order valence-corrected chi connectivity index (χ0v) is 16.8. The molecule has 0 bridgehead atoms. The lowest BCUT2D eigenvalue weighted by Crippen LogP contribution is -2.21. The summed E-state index contributed by atoms with van der Waals surface area (Å²) in [5.41, 5.74) is 3.15. The number of para-hydroxylation sites is 1. The maximum atomic E-state index is 12.5. The number of aryl methyl sites for hydroxylation is 2. The molecule has 1 amide bonds. The Morgan fingerprint density at radius 3 is 2.66 bits per heavy atom. The van der Waals surface area contributed by atoms with Crippen molar-refractivity contribution in [2.45, 2.75) is 26.8 Å². The summed E-state index contributed by atoms with van der Waals surface area (Å²) >= 11 is 1.43. The molecular weight excluding hydrogens is 390 g/mol. The highest BCUT2D eigenvalue weighted by atomic mass is 32.1. The summed E-state index contributed by atoms with van der Waals surface area (Å²) in [6.45, 7) is 3.87. The summed E-state index contributed by atoms with van der Waals surface area (Å²) in [4.78, 5) is 25.2. The molecule has 0 radical (unpaired) electrons. The minimum Gasteiger partial charge on any atom is -0.387 e. The fourth-order valence-corrected chi connectivity index (χ4v) is 3.65. The molecule has 4 aromatic rings. The van der Waals surface area contributed by atoms with Crippen LogP contribution in [-0.2, 0) is 11.3 Å². The fraction of sp³-hybridized carbons (Fsp3) is 0.200. The normalized spacial score (nSPS) is 11.0. The van der Waals surface area contributed by atoms with E-state index in [1.807, 2.05) is 61.7 Å². The molecule has 0 aliphatic carbocycles. The summed E-state index contributed by atoms with van der Waals surface area (Å²) in [6.07, 6.45) is 0.0890. The van der Waals surface area contributed by atoms with Gasteiger partial charge in [0, 0.05) is 6.42 Å². The molecule has 148 valence electrons. The van der Waals surface area contributed by atoms with E-state index >= 15 is 0 Å². The Hall–Kier alpha value is -3.46. The van der Waals surface area contributed by atoms with Crippen molar-refractivity contribution in [1.29, 1.82) is 0 Å². The summed E-state index contributed by atoms with van der Waals surface area (Å²) in [5.74, 6) is -0.539. The topological polar surface area (TPSA) is 95.0 Å². The average molecular weight is 409 g/mol. The molecule has 0 fully saturated rings. The van der Waals surface area contributed by atoms with Crippen LogP contribution in [-0.4, -0.2) is 25.5 Å². The summed E-state index contributed by atoms with van der Waals surface area (Å²) in [5, 5.41) is 13.5. The summed E-state index contributed by atoms with van der Waals surface area (Å²) in [6, 6.07) is 13.4. The monoisotopic (exact) mass is 409 g/mol. The quantitative estimate of drug-likeness (QED) is 0.527. The molecule has 0 atom stereocenters. The lowest BCUT2D eigenvalue weighted by Gasteiger charge is -2.07. The smallest absolute Gasteiger partial charge is 0.387 e. The van der Waals surface area contributed by atoms with Crippen molar-refractivity contribution < 1.29 is 9.21 Å². The van der Waals surface area contributed by atoms with Crippen molar-refractivity contribution in [2.75, 3.05) is 5.32 Å². The Morgan fingerprint density at radius 1 is 1.14 bits per heavy atom. The molecule has 4 rings (SSSR count).